The largest absolute Gasteiger partial charge is 0.309 e. The molecule has 0 aliphatic heterocycles. The monoisotopic (exact) mass is 221 g/mol. The van der Waals surface area contributed by atoms with Crippen LogP contribution in [-0.4, -0.2) is 16.3 Å². The second-order valence-electron chi connectivity index (χ2n) is 3.86. The molecule has 3 nitrogen and oxygen atoms in total. The minimum absolute atomic E-state index is 0.343. The van der Waals surface area contributed by atoms with Gasteiger partial charge in [0.1, 0.15) is 0 Å². The number of hydrogen-bond acceptors (Lipinski definition) is 2. The molecule has 1 aromatic rings. The fraction of sp³-hybridized carbons (Fsp3) is 0.615. The molecule has 0 aromatic carbocycles. The van der Waals surface area contributed by atoms with Crippen LogP contribution in [0, 0.1) is 0 Å². The molecule has 0 spiro atoms. The second-order valence-corrected chi connectivity index (χ2v) is 3.86. The van der Waals surface area contributed by atoms with Gasteiger partial charge in [0, 0.05) is 6.54 Å². The quantitative estimate of drug-likeness (QED) is 0.717. The lowest BCUT2D eigenvalue weighted by Gasteiger charge is -2.17. The molecule has 16 heavy (non-hydrogen) atoms. The lowest BCUT2D eigenvalue weighted by molar-refractivity contribution is 0.495. The Bertz CT molecular complexity index is 328. The van der Waals surface area contributed by atoms with Gasteiger partial charge in [-0.05, 0) is 32.4 Å². The highest BCUT2D eigenvalue weighted by molar-refractivity contribution is 5.15. The van der Waals surface area contributed by atoms with E-state index in [1.54, 1.807) is 0 Å². The molecule has 0 saturated heterocycles. The van der Waals surface area contributed by atoms with Crippen LogP contribution >= 0.6 is 0 Å². The van der Waals surface area contributed by atoms with Crippen molar-refractivity contribution in [3.8, 4) is 0 Å². The van der Waals surface area contributed by atoms with E-state index in [1.807, 2.05) is 6.08 Å². The van der Waals surface area contributed by atoms with E-state index in [9.17, 15) is 0 Å². The van der Waals surface area contributed by atoms with E-state index in [0.29, 0.717) is 6.04 Å². The number of aromatic nitrogens is 2. The summed E-state index contributed by atoms with van der Waals surface area (Å²) in [5.41, 5.74) is 2.45. The number of nitrogens with one attached hydrogen (secondary N) is 1. The number of aryl methyl sites for hydroxylation is 2. The zero-order valence-electron chi connectivity index (χ0n) is 10.7. The smallest absolute Gasteiger partial charge is 0.0625 e. The van der Waals surface area contributed by atoms with Crippen LogP contribution in [0.2, 0.25) is 0 Å². The van der Waals surface area contributed by atoms with E-state index in [2.05, 4.69) is 48.5 Å². The average Bonchev–Trinajstić information content (AvgIpc) is 2.72. The van der Waals surface area contributed by atoms with Crippen LogP contribution in [-0.2, 0) is 13.0 Å². The molecule has 0 aliphatic carbocycles. The standard InChI is InChI=1S/C13H23N3/c1-5-9-12(14-7-3)13-10-11(6-2)15-16(13)8-4/h5,10,12,14H,1,6-9H2,2-4H3. The van der Waals surface area contributed by atoms with Gasteiger partial charge in [0.2, 0.25) is 0 Å². The van der Waals surface area contributed by atoms with Crippen molar-refractivity contribution < 1.29 is 0 Å². The molecule has 1 rings (SSSR count). The zero-order valence-corrected chi connectivity index (χ0v) is 10.7. The highest BCUT2D eigenvalue weighted by Gasteiger charge is 2.14. The van der Waals surface area contributed by atoms with Gasteiger partial charge in [-0.15, -0.1) is 6.58 Å². The Balaban J connectivity index is 2.95. The minimum Gasteiger partial charge on any atom is -0.309 e. The summed E-state index contributed by atoms with van der Waals surface area (Å²) >= 11 is 0. The first-order chi connectivity index (χ1) is 7.76. The fourth-order valence-electron chi connectivity index (χ4n) is 1.92. The van der Waals surface area contributed by atoms with Gasteiger partial charge in [0.05, 0.1) is 17.4 Å². The van der Waals surface area contributed by atoms with E-state index in [-0.39, 0.29) is 0 Å². The molecule has 0 amide bonds. The molecule has 0 aliphatic rings. The van der Waals surface area contributed by atoms with Gasteiger partial charge in [-0.2, -0.15) is 5.10 Å². The van der Waals surface area contributed by atoms with E-state index in [0.717, 1.165) is 25.9 Å². The first-order valence-corrected chi connectivity index (χ1v) is 6.17. The van der Waals surface area contributed by atoms with E-state index in [1.165, 1.54) is 11.4 Å². The fourth-order valence-corrected chi connectivity index (χ4v) is 1.92. The summed E-state index contributed by atoms with van der Waals surface area (Å²) in [7, 11) is 0. The lowest BCUT2D eigenvalue weighted by atomic mass is 10.1. The Hall–Kier alpha value is -1.09. The zero-order chi connectivity index (χ0) is 12.0. The molecular weight excluding hydrogens is 198 g/mol. The summed E-state index contributed by atoms with van der Waals surface area (Å²) in [5, 5.41) is 8.05. The molecule has 1 N–H and O–H groups in total. The molecule has 1 aromatic heterocycles. The third kappa shape index (κ3) is 2.95. The predicted molar refractivity (Wildman–Crippen MR) is 68.5 cm³/mol. The van der Waals surface area contributed by atoms with Crippen LogP contribution in [0.5, 0.6) is 0 Å². The maximum absolute atomic E-state index is 4.57. The first kappa shape index (κ1) is 13.0. The second kappa shape index (κ2) is 6.48. The first-order valence-electron chi connectivity index (χ1n) is 6.17. The Morgan fingerprint density at radius 1 is 1.50 bits per heavy atom. The Morgan fingerprint density at radius 3 is 2.75 bits per heavy atom. The van der Waals surface area contributed by atoms with Crippen molar-refractivity contribution in [3.05, 3.63) is 30.1 Å². The highest BCUT2D eigenvalue weighted by Crippen LogP contribution is 2.18. The van der Waals surface area contributed by atoms with Crippen LogP contribution in [0.25, 0.3) is 0 Å². The molecule has 0 bridgehead atoms. The van der Waals surface area contributed by atoms with Crippen LogP contribution in [0.4, 0.5) is 0 Å². The van der Waals surface area contributed by atoms with Crippen LogP contribution in [0.3, 0.4) is 0 Å². The molecule has 90 valence electrons. The number of rotatable bonds is 7. The maximum atomic E-state index is 4.57. The Labute approximate surface area is 98.5 Å². The third-order valence-electron chi connectivity index (χ3n) is 2.73. The predicted octanol–water partition coefficient (Wildman–Crippen LogP) is 2.69. The summed E-state index contributed by atoms with van der Waals surface area (Å²) in [6, 6.07) is 2.55. The third-order valence-corrected chi connectivity index (χ3v) is 2.73. The van der Waals surface area contributed by atoms with Crippen LogP contribution < -0.4 is 5.32 Å². The van der Waals surface area contributed by atoms with E-state index in [4.69, 9.17) is 0 Å². The van der Waals surface area contributed by atoms with Gasteiger partial charge < -0.3 is 5.32 Å². The van der Waals surface area contributed by atoms with Gasteiger partial charge in [-0.3, -0.25) is 4.68 Å². The summed E-state index contributed by atoms with van der Waals surface area (Å²) in [4.78, 5) is 0. The van der Waals surface area contributed by atoms with E-state index >= 15 is 0 Å². The average molecular weight is 221 g/mol. The molecule has 0 fully saturated rings. The highest BCUT2D eigenvalue weighted by atomic mass is 15.3. The van der Waals surface area contributed by atoms with Gasteiger partial charge in [0.25, 0.3) is 0 Å². The van der Waals surface area contributed by atoms with Gasteiger partial charge >= 0.3 is 0 Å². The molecule has 0 radical (unpaired) electrons. The topological polar surface area (TPSA) is 29.9 Å². The van der Waals surface area contributed by atoms with Crippen molar-refractivity contribution in [1.29, 1.82) is 0 Å². The number of nitrogens with zero attached hydrogens (tertiary/aromatic N) is 2. The summed E-state index contributed by atoms with van der Waals surface area (Å²) in [6.07, 6.45) is 3.90. The van der Waals surface area contributed by atoms with Gasteiger partial charge in [0.15, 0.2) is 0 Å². The van der Waals surface area contributed by atoms with Crippen molar-refractivity contribution in [2.45, 2.75) is 46.2 Å². The van der Waals surface area contributed by atoms with Crippen molar-refractivity contribution in [1.82, 2.24) is 15.1 Å². The normalized spacial score (nSPS) is 12.7. The summed E-state index contributed by atoms with van der Waals surface area (Å²) in [5.74, 6) is 0. The van der Waals surface area contributed by atoms with Gasteiger partial charge in [-0.1, -0.05) is 19.9 Å². The molecule has 1 atom stereocenters. The Kier molecular flexibility index (Phi) is 5.26. The van der Waals surface area contributed by atoms with Gasteiger partial charge in [-0.25, -0.2) is 0 Å². The molecule has 3 heteroatoms. The van der Waals surface area contributed by atoms with Crippen molar-refractivity contribution in [2.24, 2.45) is 0 Å². The minimum atomic E-state index is 0.343. The lowest BCUT2D eigenvalue weighted by Crippen LogP contribution is -2.23. The Morgan fingerprint density at radius 2 is 2.25 bits per heavy atom. The molecule has 1 unspecified atom stereocenters. The van der Waals surface area contributed by atoms with Crippen LogP contribution in [0.1, 0.15) is 44.6 Å². The molecule has 0 saturated carbocycles. The maximum Gasteiger partial charge on any atom is 0.0625 e. The summed E-state index contributed by atoms with van der Waals surface area (Å²) < 4.78 is 2.09. The van der Waals surface area contributed by atoms with Crippen molar-refractivity contribution >= 4 is 0 Å². The van der Waals surface area contributed by atoms with Crippen molar-refractivity contribution in [3.63, 3.8) is 0 Å². The SMILES string of the molecule is C=CCC(NCC)c1cc(CC)nn1CC. The summed E-state index contributed by atoms with van der Waals surface area (Å²) in [6.45, 7) is 12.1. The molecular formula is C13H23N3. The number of hydrogen-bond donors (Lipinski definition) is 1. The van der Waals surface area contributed by atoms with E-state index < -0.39 is 0 Å². The van der Waals surface area contributed by atoms with Crippen LogP contribution in [0.15, 0.2) is 18.7 Å². The van der Waals surface area contributed by atoms with Crippen molar-refractivity contribution in [2.75, 3.05) is 6.54 Å². The molecule has 1 heterocycles.